The van der Waals surface area contributed by atoms with Crippen LogP contribution >= 0.6 is 0 Å². The number of oxime groups is 1. The number of anilines is 1. The highest BCUT2D eigenvalue weighted by Gasteiger charge is 2.30. The van der Waals surface area contributed by atoms with Gasteiger partial charge in [-0.3, -0.25) is 4.98 Å². The number of nitrogens with zero attached hydrogens (tertiary/aromatic N) is 3. The van der Waals surface area contributed by atoms with Gasteiger partial charge in [0.1, 0.15) is 5.84 Å². The number of amidine groups is 1. The average molecular weight is 284 g/mol. The number of aromatic nitrogens is 1. The largest absolute Gasteiger partial charge is 0.409 e. The van der Waals surface area contributed by atoms with E-state index in [0.717, 1.165) is 23.1 Å². The fourth-order valence-corrected chi connectivity index (χ4v) is 2.69. The van der Waals surface area contributed by atoms with Gasteiger partial charge in [0, 0.05) is 35.8 Å². The van der Waals surface area contributed by atoms with Crippen molar-refractivity contribution in [3.8, 4) is 0 Å². The molecule has 1 aliphatic carbocycles. The molecule has 1 aromatic carbocycles. The summed E-state index contributed by atoms with van der Waals surface area (Å²) >= 11 is 0. The second kappa shape index (κ2) is 5.60. The SMILES string of the molecule is Cc1cc(N(CCC(N)=NO)C2CC2)c2ccccc2n1. The van der Waals surface area contributed by atoms with Gasteiger partial charge in [-0.1, -0.05) is 23.4 Å². The lowest BCUT2D eigenvalue weighted by molar-refractivity contribution is 0.317. The fourth-order valence-electron chi connectivity index (χ4n) is 2.69. The Morgan fingerprint density at radius 3 is 2.90 bits per heavy atom. The van der Waals surface area contributed by atoms with E-state index in [1.807, 2.05) is 25.1 Å². The molecule has 5 nitrogen and oxygen atoms in total. The lowest BCUT2D eigenvalue weighted by atomic mass is 10.1. The molecule has 110 valence electrons. The summed E-state index contributed by atoms with van der Waals surface area (Å²) in [5.74, 6) is 0.274. The minimum atomic E-state index is 0.274. The first-order valence-electron chi connectivity index (χ1n) is 7.28. The quantitative estimate of drug-likeness (QED) is 0.383. The number of hydrogen-bond acceptors (Lipinski definition) is 4. The summed E-state index contributed by atoms with van der Waals surface area (Å²) in [4.78, 5) is 6.96. The van der Waals surface area contributed by atoms with E-state index in [4.69, 9.17) is 10.9 Å². The van der Waals surface area contributed by atoms with Crippen LogP contribution in [0.1, 0.15) is 25.0 Å². The minimum absolute atomic E-state index is 0.274. The van der Waals surface area contributed by atoms with Crippen molar-refractivity contribution < 1.29 is 5.21 Å². The molecule has 0 spiro atoms. The predicted molar refractivity (Wildman–Crippen MR) is 84.9 cm³/mol. The van der Waals surface area contributed by atoms with Crippen LogP contribution < -0.4 is 10.6 Å². The summed E-state index contributed by atoms with van der Waals surface area (Å²) in [5, 5.41) is 13.0. The molecule has 2 aromatic rings. The van der Waals surface area contributed by atoms with Gasteiger partial charge >= 0.3 is 0 Å². The summed E-state index contributed by atoms with van der Waals surface area (Å²) in [6.45, 7) is 2.78. The van der Waals surface area contributed by atoms with Gasteiger partial charge in [-0.2, -0.15) is 0 Å². The molecule has 0 amide bonds. The van der Waals surface area contributed by atoms with Crippen molar-refractivity contribution in [1.29, 1.82) is 0 Å². The van der Waals surface area contributed by atoms with E-state index in [2.05, 4.69) is 27.2 Å². The topological polar surface area (TPSA) is 74.7 Å². The van der Waals surface area contributed by atoms with Crippen LogP contribution in [-0.4, -0.2) is 28.6 Å². The molecular formula is C16H20N4O. The first kappa shape index (κ1) is 13.7. The smallest absolute Gasteiger partial charge is 0.140 e. The Labute approximate surface area is 124 Å². The average Bonchev–Trinajstić information content (AvgIpc) is 3.31. The third-order valence-electron chi connectivity index (χ3n) is 3.86. The highest BCUT2D eigenvalue weighted by Crippen LogP contribution is 2.35. The first-order valence-corrected chi connectivity index (χ1v) is 7.28. The van der Waals surface area contributed by atoms with Gasteiger partial charge < -0.3 is 15.8 Å². The Kier molecular flexibility index (Phi) is 3.64. The molecule has 1 saturated carbocycles. The molecule has 0 aliphatic heterocycles. The molecule has 1 fully saturated rings. The first-order chi connectivity index (χ1) is 10.2. The minimum Gasteiger partial charge on any atom is -0.409 e. The van der Waals surface area contributed by atoms with Crippen molar-refractivity contribution in [1.82, 2.24) is 4.98 Å². The Hall–Kier alpha value is -2.30. The van der Waals surface area contributed by atoms with Gasteiger partial charge in [-0.25, -0.2) is 0 Å². The maximum Gasteiger partial charge on any atom is 0.140 e. The zero-order valence-electron chi connectivity index (χ0n) is 12.2. The van der Waals surface area contributed by atoms with Crippen molar-refractivity contribution in [3.05, 3.63) is 36.0 Å². The molecule has 0 bridgehead atoms. The third kappa shape index (κ3) is 2.91. The molecule has 3 N–H and O–H groups in total. The Bertz CT molecular complexity index is 679. The second-order valence-electron chi connectivity index (χ2n) is 5.57. The highest BCUT2D eigenvalue weighted by molar-refractivity contribution is 5.92. The van der Waals surface area contributed by atoms with E-state index in [1.165, 1.54) is 18.5 Å². The number of rotatable bonds is 5. The molecule has 0 radical (unpaired) electrons. The second-order valence-corrected chi connectivity index (χ2v) is 5.57. The van der Waals surface area contributed by atoms with E-state index >= 15 is 0 Å². The van der Waals surface area contributed by atoms with Crippen molar-refractivity contribution in [3.63, 3.8) is 0 Å². The van der Waals surface area contributed by atoms with Crippen molar-refractivity contribution in [2.24, 2.45) is 10.9 Å². The predicted octanol–water partition coefficient (Wildman–Crippen LogP) is 2.65. The van der Waals surface area contributed by atoms with Gasteiger partial charge in [-0.15, -0.1) is 0 Å². The fraction of sp³-hybridized carbons (Fsp3) is 0.375. The monoisotopic (exact) mass is 284 g/mol. The summed E-state index contributed by atoms with van der Waals surface area (Å²) in [6, 6.07) is 10.9. The molecule has 1 aromatic heterocycles. The third-order valence-corrected chi connectivity index (χ3v) is 3.86. The number of hydrogen-bond donors (Lipinski definition) is 2. The Balaban J connectivity index is 1.99. The van der Waals surface area contributed by atoms with E-state index in [0.29, 0.717) is 12.5 Å². The lowest BCUT2D eigenvalue weighted by Crippen LogP contribution is -2.30. The van der Waals surface area contributed by atoms with Crippen LogP contribution in [0.25, 0.3) is 10.9 Å². The van der Waals surface area contributed by atoms with Crippen LogP contribution in [-0.2, 0) is 0 Å². The van der Waals surface area contributed by atoms with Gasteiger partial charge in [-0.05, 0) is 31.9 Å². The zero-order chi connectivity index (χ0) is 14.8. The number of fused-ring (bicyclic) bond motifs is 1. The highest BCUT2D eigenvalue weighted by atomic mass is 16.4. The van der Waals surface area contributed by atoms with E-state index in [-0.39, 0.29) is 5.84 Å². The summed E-state index contributed by atoms with van der Waals surface area (Å²) in [5.41, 5.74) is 8.85. The summed E-state index contributed by atoms with van der Waals surface area (Å²) in [6.07, 6.45) is 2.96. The summed E-state index contributed by atoms with van der Waals surface area (Å²) in [7, 11) is 0. The zero-order valence-corrected chi connectivity index (χ0v) is 12.2. The van der Waals surface area contributed by atoms with Crippen molar-refractivity contribution in [2.75, 3.05) is 11.4 Å². The maximum atomic E-state index is 8.72. The van der Waals surface area contributed by atoms with E-state index in [1.54, 1.807) is 0 Å². The normalized spacial score (nSPS) is 15.4. The lowest BCUT2D eigenvalue weighted by Gasteiger charge is -2.26. The van der Waals surface area contributed by atoms with E-state index in [9.17, 15) is 0 Å². The molecule has 21 heavy (non-hydrogen) atoms. The van der Waals surface area contributed by atoms with Crippen LogP contribution in [0.3, 0.4) is 0 Å². The van der Waals surface area contributed by atoms with E-state index < -0.39 is 0 Å². The van der Waals surface area contributed by atoms with Crippen molar-refractivity contribution in [2.45, 2.75) is 32.2 Å². The molecule has 0 atom stereocenters. The Morgan fingerprint density at radius 1 is 1.43 bits per heavy atom. The molecule has 0 saturated heterocycles. The molecule has 0 unspecified atom stereocenters. The molecule has 5 heteroatoms. The molecule has 1 heterocycles. The molecular weight excluding hydrogens is 264 g/mol. The van der Waals surface area contributed by atoms with Gasteiger partial charge in [0.15, 0.2) is 0 Å². The van der Waals surface area contributed by atoms with Crippen molar-refractivity contribution >= 4 is 22.4 Å². The van der Waals surface area contributed by atoms with Crippen LogP contribution in [0.4, 0.5) is 5.69 Å². The number of pyridine rings is 1. The van der Waals surface area contributed by atoms with Crippen LogP contribution in [0.15, 0.2) is 35.5 Å². The summed E-state index contributed by atoms with van der Waals surface area (Å²) < 4.78 is 0. The van der Waals surface area contributed by atoms with Gasteiger partial charge in [0.2, 0.25) is 0 Å². The van der Waals surface area contributed by atoms with Crippen LogP contribution in [0.5, 0.6) is 0 Å². The molecule has 3 rings (SSSR count). The van der Waals surface area contributed by atoms with Gasteiger partial charge in [0.25, 0.3) is 0 Å². The number of benzene rings is 1. The number of nitrogens with two attached hydrogens (primary N) is 1. The molecule has 1 aliphatic rings. The van der Waals surface area contributed by atoms with Crippen LogP contribution in [0.2, 0.25) is 0 Å². The van der Waals surface area contributed by atoms with Gasteiger partial charge in [0.05, 0.1) is 5.52 Å². The maximum absolute atomic E-state index is 8.72. The number of para-hydroxylation sites is 1. The Morgan fingerprint density at radius 2 is 2.19 bits per heavy atom. The van der Waals surface area contributed by atoms with Crippen LogP contribution in [0, 0.1) is 6.92 Å². The number of aryl methyl sites for hydroxylation is 1. The standard InChI is InChI=1S/C16H20N4O/c1-11-10-15(13-4-2-3-5-14(13)18-11)20(12-6-7-12)9-8-16(17)19-21/h2-5,10,12,21H,6-9H2,1H3,(H2,17,19).